The first kappa shape index (κ1) is 16.3. The first-order chi connectivity index (χ1) is 11.3. The summed E-state index contributed by atoms with van der Waals surface area (Å²) in [5, 5.41) is 13.2. The third-order valence-electron chi connectivity index (χ3n) is 4.52. The molecule has 6 nitrogen and oxygen atoms in total. The van der Waals surface area contributed by atoms with E-state index in [1.807, 2.05) is 12.1 Å². The number of aliphatic hydroxyl groups excluding tert-OH is 1. The second-order valence-electron chi connectivity index (χ2n) is 6.37. The Hall–Kier alpha value is -1.53. The number of furan rings is 1. The van der Waals surface area contributed by atoms with Gasteiger partial charge in [-0.05, 0) is 31.4 Å². The number of hydrogen-bond acceptors (Lipinski definition) is 4. The highest BCUT2D eigenvalue weighted by Crippen LogP contribution is 2.14. The number of aliphatic hydroxyl groups is 1. The molecule has 0 bridgehead atoms. The van der Waals surface area contributed by atoms with Crippen molar-refractivity contribution in [3.63, 3.8) is 0 Å². The molecule has 2 saturated heterocycles. The summed E-state index contributed by atoms with van der Waals surface area (Å²) in [6.45, 7) is 5.00. The van der Waals surface area contributed by atoms with Crippen LogP contribution in [0, 0.1) is 5.92 Å². The quantitative estimate of drug-likeness (QED) is 0.631. The fourth-order valence-electron chi connectivity index (χ4n) is 3.04. The van der Waals surface area contributed by atoms with Gasteiger partial charge in [0, 0.05) is 45.1 Å². The minimum absolute atomic E-state index is 0.168. The number of piperidine rings is 1. The normalized spacial score (nSPS) is 23.4. The molecule has 1 unspecified atom stereocenters. The lowest BCUT2D eigenvalue weighted by Gasteiger charge is -2.32. The van der Waals surface area contributed by atoms with Crippen molar-refractivity contribution in [2.75, 3.05) is 39.4 Å². The average Bonchev–Trinajstić information content (AvgIpc) is 3.25. The second-order valence-corrected chi connectivity index (χ2v) is 6.37. The zero-order valence-electron chi connectivity index (χ0n) is 13.6. The Bertz CT molecular complexity index is 475. The molecule has 0 saturated carbocycles. The Morgan fingerprint density at radius 2 is 2.22 bits per heavy atom. The Kier molecular flexibility index (Phi) is 5.93. The lowest BCUT2D eigenvalue weighted by molar-refractivity contribution is 0.108. The summed E-state index contributed by atoms with van der Waals surface area (Å²) in [5.74, 6) is 2.47. The van der Waals surface area contributed by atoms with E-state index in [-0.39, 0.29) is 6.10 Å². The zero-order chi connectivity index (χ0) is 15.9. The summed E-state index contributed by atoms with van der Waals surface area (Å²) in [6, 6.07) is 3.90. The van der Waals surface area contributed by atoms with Crippen LogP contribution in [0.5, 0.6) is 0 Å². The van der Waals surface area contributed by atoms with Crippen LogP contribution in [0.2, 0.25) is 0 Å². The highest BCUT2D eigenvalue weighted by molar-refractivity contribution is 5.80. The fourth-order valence-corrected chi connectivity index (χ4v) is 3.04. The van der Waals surface area contributed by atoms with Crippen molar-refractivity contribution in [3.05, 3.63) is 24.2 Å². The molecule has 6 heteroatoms. The third-order valence-corrected chi connectivity index (χ3v) is 4.52. The Morgan fingerprint density at radius 3 is 2.91 bits per heavy atom. The maximum atomic E-state index is 9.70. The molecule has 3 rings (SSSR count). The monoisotopic (exact) mass is 321 g/mol. The highest BCUT2D eigenvalue weighted by atomic mass is 16.5. The average molecular weight is 321 g/mol. The van der Waals surface area contributed by atoms with Crippen LogP contribution in [0.4, 0.5) is 0 Å². The van der Waals surface area contributed by atoms with Crippen LogP contribution in [0.1, 0.15) is 25.0 Å². The van der Waals surface area contributed by atoms with E-state index in [2.05, 4.69) is 10.2 Å². The molecular weight excluding hydrogens is 294 g/mol. The third kappa shape index (κ3) is 4.97. The molecule has 1 aromatic heterocycles. The van der Waals surface area contributed by atoms with E-state index in [9.17, 15) is 5.11 Å². The van der Waals surface area contributed by atoms with Gasteiger partial charge in [-0.15, -0.1) is 0 Å². The van der Waals surface area contributed by atoms with Gasteiger partial charge in [0.15, 0.2) is 5.96 Å². The van der Waals surface area contributed by atoms with Crippen molar-refractivity contribution in [2.45, 2.75) is 31.8 Å². The molecule has 128 valence electrons. The number of hydrogen-bond donors (Lipinski definition) is 2. The standard InChI is InChI=1S/C17H27N3O3/c21-15-4-8-20(9-5-15)17(19-12-14-6-11-22-13-14)18-7-3-16-2-1-10-23-16/h1-2,10,14-15,21H,3-9,11-13H2,(H,18,19). The molecule has 0 aliphatic carbocycles. The van der Waals surface area contributed by atoms with Gasteiger partial charge in [0.05, 0.1) is 19.0 Å². The van der Waals surface area contributed by atoms with Gasteiger partial charge in [-0.2, -0.15) is 0 Å². The van der Waals surface area contributed by atoms with E-state index in [0.29, 0.717) is 5.92 Å². The summed E-state index contributed by atoms with van der Waals surface area (Å²) >= 11 is 0. The Labute approximate surface area is 137 Å². The number of aliphatic imine (C=N–C) groups is 1. The van der Waals surface area contributed by atoms with Crippen LogP contribution in [0.15, 0.2) is 27.8 Å². The first-order valence-electron chi connectivity index (χ1n) is 8.62. The second kappa shape index (κ2) is 8.36. The largest absolute Gasteiger partial charge is 0.469 e. The van der Waals surface area contributed by atoms with Gasteiger partial charge in [-0.1, -0.05) is 0 Å². The fraction of sp³-hybridized carbons (Fsp3) is 0.706. The van der Waals surface area contributed by atoms with E-state index in [0.717, 1.165) is 76.8 Å². The van der Waals surface area contributed by atoms with Gasteiger partial charge in [0.1, 0.15) is 5.76 Å². The molecule has 23 heavy (non-hydrogen) atoms. The minimum Gasteiger partial charge on any atom is -0.469 e. The molecular formula is C17H27N3O3. The summed E-state index contributed by atoms with van der Waals surface area (Å²) < 4.78 is 10.8. The number of nitrogens with one attached hydrogen (secondary N) is 1. The van der Waals surface area contributed by atoms with E-state index in [4.69, 9.17) is 14.1 Å². The Balaban J connectivity index is 1.54. The topological polar surface area (TPSA) is 70.2 Å². The molecule has 2 fully saturated rings. The summed E-state index contributed by atoms with van der Waals surface area (Å²) in [4.78, 5) is 7.07. The van der Waals surface area contributed by atoms with Crippen LogP contribution in [-0.4, -0.2) is 61.5 Å². The molecule has 2 aliphatic rings. The predicted molar refractivity (Wildman–Crippen MR) is 88.5 cm³/mol. The molecule has 0 amide bonds. The minimum atomic E-state index is -0.168. The molecule has 0 spiro atoms. The molecule has 1 aromatic rings. The van der Waals surface area contributed by atoms with Gasteiger partial charge in [0.25, 0.3) is 0 Å². The van der Waals surface area contributed by atoms with Crippen molar-refractivity contribution in [3.8, 4) is 0 Å². The summed E-state index contributed by atoms with van der Waals surface area (Å²) in [7, 11) is 0. The van der Waals surface area contributed by atoms with Crippen LogP contribution in [0.3, 0.4) is 0 Å². The smallest absolute Gasteiger partial charge is 0.193 e. The van der Waals surface area contributed by atoms with Crippen molar-refractivity contribution in [2.24, 2.45) is 10.9 Å². The summed E-state index contributed by atoms with van der Waals surface area (Å²) in [6.07, 6.45) is 5.10. The summed E-state index contributed by atoms with van der Waals surface area (Å²) in [5.41, 5.74) is 0. The van der Waals surface area contributed by atoms with Crippen LogP contribution >= 0.6 is 0 Å². The van der Waals surface area contributed by atoms with Crippen molar-refractivity contribution >= 4 is 5.96 Å². The molecule has 0 aromatic carbocycles. The predicted octanol–water partition coefficient (Wildman–Crippen LogP) is 1.26. The van der Waals surface area contributed by atoms with Gasteiger partial charge < -0.3 is 24.5 Å². The zero-order valence-corrected chi connectivity index (χ0v) is 13.6. The van der Waals surface area contributed by atoms with Crippen LogP contribution in [0.25, 0.3) is 0 Å². The van der Waals surface area contributed by atoms with E-state index in [1.54, 1.807) is 6.26 Å². The van der Waals surface area contributed by atoms with Crippen molar-refractivity contribution in [1.82, 2.24) is 10.2 Å². The lowest BCUT2D eigenvalue weighted by atomic mass is 10.1. The molecule has 2 aliphatic heterocycles. The number of guanidine groups is 1. The number of nitrogens with zero attached hydrogens (tertiary/aromatic N) is 2. The van der Waals surface area contributed by atoms with Crippen molar-refractivity contribution < 1.29 is 14.3 Å². The van der Waals surface area contributed by atoms with Gasteiger partial charge >= 0.3 is 0 Å². The molecule has 3 heterocycles. The maximum Gasteiger partial charge on any atom is 0.193 e. The number of likely N-dealkylation sites (tertiary alicyclic amines) is 1. The van der Waals surface area contributed by atoms with Gasteiger partial charge in [0.2, 0.25) is 0 Å². The van der Waals surface area contributed by atoms with Gasteiger partial charge in [-0.3, -0.25) is 4.99 Å². The first-order valence-corrected chi connectivity index (χ1v) is 8.62. The van der Waals surface area contributed by atoms with Crippen molar-refractivity contribution in [1.29, 1.82) is 0 Å². The molecule has 1 atom stereocenters. The molecule has 0 radical (unpaired) electrons. The number of ether oxygens (including phenoxy) is 1. The van der Waals surface area contributed by atoms with E-state index < -0.39 is 0 Å². The Morgan fingerprint density at radius 1 is 1.35 bits per heavy atom. The maximum absolute atomic E-state index is 9.70. The highest BCUT2D eigenvalue weighted by Gasteiger charge is 2.21. The SMILES string of the molecule is OC1CCN(C(=NCC2CCOC2)NCCc2ccco2)CC1. The number of rotatable bonds is 5. The van der Waals surface area contributed by atoms with E-state index in [1.165, 1.54) is 0 Å². The lowest BCUT2D eigenvalue weighted by Crippen LogP contribution is -2.47. The van der Waals surface area contributed by atoms with Crippen LogP contribution < -0.4 is 5.32 Å². The molecule has 2 N–H and O–H groups in total. The van der Waals surface area contributed by atoms with Gasteiger partial charge in [-0.25, -0.2) is 0 Å². The van der Waals surface area contributed by atoms with Crippen LogP contribution in [-0.2, 0) is 11.2 Å². The van der Waals surface area contributed by atoms with E-state index >= 15 is 0 Å².